The van der Waals surface area contributed by atoms with Gasteiger partial charge in [-0.25, -0.2) is 0 Å². The van der Waals surface area contributed by atoms with E-state index in [1.807, 2.05) is 30.3 Å². The average molecular weight is 285 g/mol. The second-order valence-electron chi connectivity index (χ2n) is 5.59. The zero-order chi connectivity index (χ0) is 14.7. The molecule has 0 spiro atoms. The first-order valence-electron chi connectivity index (χ1n) is 7.27. The molecule has 1 aromatic carbocycles. The number of carbonyl (C=O) groups is 1. The molecule has 5 nitrogen and oxygen atoms in total. The fourth-order valence-electron chi connectivity index (χ4n) is 2.86. The van der Waals surface area contributed by atoms with E-state index in [0.29, 0.717) is 18.0 Å². The molecule has 1 heterocycles. The zero-order valence-electron chi connectivity index (χ0n) is 11.8. The first-order chi connectivity index (χ1) is 10.2. The predicted molar refractivity (Wildman–Crippen MR) is 79.7 cm³/mol. The Bertz CT molecular complexity index is 615. The van der Waals surface area contributed by atoms with E-state index in [1.165, 1.54) is 0 Å². The second kappa shape index (κ2) is 5.69. The van der Waals surface area contributed by atoms with Gasteiger partial charge in [0.25, 0.3) is 5.91 Å². The lowest BCUT2D eigenvalue weighted by molar-refractivity contribution is 0.0894. The maximum atomic E-state index is 12.3. The molecule has 0 atom stereocenters. The third kappa shape index (κ3) is 2.83. The average Bonchev–Trinajstić information content (AvgIpc) is 3.18. The van der Waals surface area contributed by atoms with E-state index in [0.717, 1.165) is 31.2 Å². The Balaban J connectivity index is 1.75. The summed E-state index contributed by atoms with van der Waals surface area (Å²) in [6.07, 6.45) is 4.06. The van der Waals surface area contributed by atoms with Crippen molar-refractivity contribution in [3.05, 3.63) is 42.1 Å². The van der Waals surface area contributed by atoms with Crippen LogP contribution in [0.2, 0.25) is 0 Å². The fraction of sp³-hybridized carbons (Fsp3) is 0.375. The van der Waals surface area contributed by atoms with Gasteiger partial charge in [-0.3, -0.25) is 4.79 Å². The van der Waals surface area contributed by atoms with E-state index in [4.69, 9.17) is 10.3 Å². The van der Waals surface area contributed by atoms with Crippen molar-refractivity contribution in [3.63, 3.8) is 0 Å². The SMILES string of the molecule is NCC1(NC(=O)c2cc(-c3ccccc3)on2)CCCC1. The summed E-state index contributed by atoms with van der Waals surface area (Å²) < 4.78 is 5.26. The minimum absolute atomic E-state index is 0.215. The Morgan fingerprint density at radius 2 is 2.00 bits per heavy atom. The molecule has 1 aliphatic carbocycles. The normalized spacial score (nSPS) is 16.8. The number of amides is 1. The van der Waals surface area contributed by atoms with Crippen LogP contribution in [0.5, 0.6) is 0 Å². The molecule has 1 saturated carbocycles. The highest BCUT2D eigenvalue weighted by Crippen LogP contribution is 2.29. The molecule has 110 valence electrons. The van der Waals surface area contributed by atoms with E-state index >= 15 is 0 Å². The molecule has 1 fully saturated rings. The number of aromatic nitrogens is 1. The molecule has 3 N–H and O–H groups in total. The van der Waals surface area contributed by atoms with Gasteiger partial charge < -0.3 is 15.6 Å². The maximum Gasteiger partial charge on any atom is 0.273 e. The predicted octanol–water partition coefficient (Wildman–Crippen LogP) is 2.34. The van der Waals surface area contributed by atoms with Crippen LogP contribution in [-0.2, 0) is 0 Å². The highest BCUT2D eigenvalue weighted by molar-refractivity contribution is 5.93. The van der Waals surface area contributed by atoms with Gasteiger partial charge in [-0.2, -0.15) is 0 Å². The number of hydrogen-bond acceptors (Lipinski definition) is 4. The monoisotopic (exact) mass is 285 g/mol. The number of hydrogen-bond donors (Lipinski definition) is 2. The van der Waals surface area contributed by atoms with Crippen molar-refractivity contribution < 1.29 is 9.32 Å². The van der Waals surface area contributed by atoms with Gasteiger partial charge in [0.05, 0.1) is 5.54 Å². The Morgan fingerprint density at radius 3 is 2.67 bits per heavy atom. The first kappa shape index (κ1) is 13.8. The molecular weight excluding hydrogens is 266 g/mol. The number of carbonyl (C=O) groups excluding carboxylic acids is 1. The molecule has 0 radical (unpaired) electrons. The third-order valence-corrected chi connectivity index (χ3v) is 4.13. The van der Waals surface area contributed by atoms with Gasteiger partial charge in [0.1, 0.15) is 0 Å². The summed E-state index contributed by atoms with van der Waals surface area (Å²) in [6, 6.07) is 11.3. The number of rotatable bonds is 4. The van der Waals surface area contributed by atoms with Crippen LogP contribution < -0.4 is 11.1 Å². The van der Waals surface area contributed by atoms with Gasteiger partial charge in [-0.15, -0.1) is 0 Å². The molecule has 2 aromatic rings. The van der Waals surface area contributed by atoms with Crippen LogP contribution >= 0.6 is 0 Å². The van der Waals surface area contributed by atoms with Crippen LogP contribution in [0.15, 0.2) is 40.9 Å². The molecule has 0 aliphatic heterocycles. The van der Waals surface area contributed by atoms with E-state index < -0.39 is 0 Å². The molecule has 1 aromatic heterocycles. The molecule has 0 saturated heterocycles. The lowest BCUT2D eigenvalue weighted by atomic mass is 9.97. The van der Waals surface area contributed by atoms with E-state index in [-0.39, 0.29) is 11.4 Å². The zero-order valence-corrected chi connectivity index (χ0v) is 11.8. The van der Waals surface area contributed by atoms with Gasteiger partial charge in [-0.05, 0) is 12.8 Å². The van der Waals surface area contributed by atoms with E-state index in [9.17, 15) is 4.79 Å². The van der Waals surface area contributed by atoms with Crippen molar-refractivity contribution >= 4 is 5.91 Å². The van der Waals surface area contributed by atoms with Crippen LogP contribution in [0, 0.1) is 0 Å². The molecule has 3 rings (SSSR count). The number of nitrogens with zero attached hydrogens (tertiary/aromatic N) is 1. The molecular formula is C16H19N3O2. The summed E-state index contributed by atoms with van der Waals surface area (Å²) in [5.41, 5.74) is 6.76. The van der Waals surface area contributed by atoms with Crippen molar-refractivity contribution in [2.24, 2.45) is 5.73 Å². The van der Waals surface area contributed by atoms with Crippen LogP contribution in [0.4, 0.5) is 0 Å². The van der Waals surface area contributed by atoms with Gasteiger partial charge in [0.15, 0.2) is 11.5 Å². The lowest BCUT2D eigenvalue weighted by Crippen LogP contribution is -2.51. The Morgan fingerprint density at radius 1 is 1.29 bits per heavy atom. The Labute approximate surface area is 123 Å². The number of nitrogens with two attached hydrogens (primary N) is 1. The highest BCUT2D eigenvalue weighted by atomic mass is 16.5. The first-order valence-corrected chi connectivity index (χ1v) is 7.27. The van der Waals surface area contributed by atoms with Crippen molar-refractivity contribution in [1.29, 1.82) is 0 Å². The number of nitrogens with one attached hydrogen (secondary N) is 1. The lowest BCUT2D eigenvalue weighted by Gasteiger charge is -2.28. The highest BCUT2D eigenvalue weighted by Gasteiger charge is 2.34. The fourth-order valence-corrected chi connectivity index (χ4v) is 2.86. The Kier molecular flexibility index (Phi) is 3.75. The van der Waals surface area contributed by atoms with Crippen molar-refractivity contribution in [1.82, 2.24) is 10.5 Å². The smallest absolute Gasteiger partial charge is 0.273 e. The second-order valence-corrected chi connectivity index (χ2v) is 5.59. The molecule has 1 aliphatic rings. The summed E-state index contributed by atoms with van der Waals surface area (Å²) in [4.78, 5) is 12.3. The number of benzene rings is 1. The van der Waals surface area contributed by atoms with Gasteiger partial charge in [0.2, 0.25) is 0 Å². The van der Waals surface area contributed by atoms with Gasteiger partial charge in [-0.1, -0.05) is 48.3 Å². The van der Waals surface area contributed by atoms with Crippen molar-refractivity contribution in [2.45, 2.75) is 31.2 Å². The maximum absolute atomic E-state index is 12.3. The molecule has 1 amide bonds. The molecule has 0 unspecified atom stereocenters. The summed E-state index contributed by atoms with van der Waals surface area (Å²) in [7, 11) is 0. The summed E-state index contributed by atoms with van der Waals surface area (Å²) in [6.45, 7) is 0.460. The van der Waals surface area contributed by atoms with Crippen molar-refractivity contribution in [3.8, 4) is 11.3 Å². The van der Waals surface area contributed by atoms with Crippen LogP contribution in [0.1, 0.15) is 36.2 Å². The van der Waals surface area contributed by atoms with Crippen molar-refractivity contribution in [2.75, 3.05) is 6.54 Å². The third-order valence-electron chi connectivity index (χ3n) is 4.13. The minimum Gasteiger partial charge on any atom is -0.355 e. The van der Waals surface area contributed by atoms with Gasteiger partial charge in [0, 0.05) is 18.2 Å². The van der Waals surface area contributed by atoms with E-state index in [1.54, 1.807) is 6.07 Å². The summed E-state index contributed by atoms with van der Waals surface area (Å²) >= 11 is 0. The Hall–Kier alpha value is -2.14. The summed E-state index contributed by atoms with van der Waals surface area (Å²) in [5, 5.41) is 6.91. The molecule has 0 bridgehead atoms. The topological polar surface area (TPSA) is 81.1 Å². The standard InChI is InChI=1S/C16H19N3O2/c17-11-16(8-4-5-9-16)18-15(20)13-10-14(21-19-13)12-6-2-1-3-7-12/h1-3,6-7,10H,4-5,8-9,11,17H2,(H,18,20). The quantitative estimate of drug-likeness (QED) is 0.903. The minimum atomic E-state index is -0.275. The molecule has 21 heavy (non-hydrogen) atoms. The van der Waals surface area contributed by atoms with Crippen LogP contribution in [0.3, 0.4) is 0 Å². The van der Waals surface area contributed by atoms with E-state index in [2.05, 4.69) is 10.5 Å². The van der Waals surface area contributed by atoms with Crippen LogP contribution in [-0.4, -0.2) is 23.1 Å². The largest absolute Gasteiger partial charge is 0.355 e. The van der Waals surface area contributed by atoms with Gasteiger partial charge >= 0.3 is 0 Å². The molecule has 5 heteroatoms. The summed E-state index contributed by atoms with van der Waals surface area (Å²) in [5.74, 6) is 0.377. The van der Waals surface area contributed by atoms with Crippen LogP contribution in [0.25, 0.3) is 11.3 Å².